The standard InChI is InChI=1S/C17H12N6OS/c24-15(13-6-7-14(19-10-13)23-9-8-18-11-23)20-17-22-21-16(25-17)12-4-2-1-3-5-12/h1-11H,(H,20,22,24). The average molecular weight is 348 g/mol. The first-order valence-electron chi connectivity index (χ1n) is 7.44. The van der Waals surface area contributed by atoms with Crippen LogP contribution in [0.3, 0.4) is 0 Å². The molecular weight excluding hydrogens is 336 g/mol. The SMILES string of the molecule is O=C(Nc1nnc(-c2ccccc2)s1)c1ccc(-n2ccnc2)nc1. The van der Waals surface area contributed by atoms with E-state index in [1.165, 1.54) is 17.5 Å². The highest BCUT2D eigenvalue weighted by Gasteiger charge is 2.12. The maximum Gasteiger partial charge on any atom is 0.259 e. The van der Waals surface area contributed by atoms with E-state index in [1.54, 1.807) is 35.4 Å². The number of pyridine rings is 1. The minimum absolute atomic E-state index is 0.277. The summed E-state index contributed by atoms with van der Waals surface area (Å²) in [5.41, 5.74) is 1.41. The number of nitrogens with one attached hydrogen (secondary N) is 1. The van der Waals surface area contributed by atoms with Crippen molar-refractivity contribution in [1.29, 1.82) is 0 Å². The molecule has 7 nitrogen and oxygen atoms in total. The van der Waals surface area contributed by atoms with E-state index in [0.717, 1.165) is 10.6 Å². The predicted molar refractivity (Wildman–Crippen MR) is 94.7 cm³/mol. The van der Waals surface area contributed by atoms with Crippen LogP contribution in [0.5, 0.6) is 0 Å². The van der Waals surface area contributed by atoms with E-state index in [2.05, 4.69) is 25.5 Å². The van der Waals surface area contributed by atoms with Gasteiger partial charge in [-0.25, -0.2) is 9.97 Å². The first-order valence-corrected chi connectivity index (χ1v) is 8.26. The Bertz CT molecular complexity index is 980. The molecule has 4 rings (SSSR count). The molecule has 0 spiro atoms. The lowest BCUT2D eigenvalue weighted by molar-refractivity contribution is 0.102. The average Bonchev–Trinajstić information content (AvgIpc) is 3.35. The molecule has 0 aliphatic heterocycles. The van der Waals surface area contributed by atoms with Gasteiger partial charge in [0, 0.05) is 24.2 Å². The quantitative estimate of drug-likeness (QED) is 0.613. The zero-order valence-electron chi connectivity index (χ0n) is 12.9. The van der Waals surface area contributed by atoms with E-state index < -0.39 is 0 Å². The molecule has 25 heavy (non-hydrogen) atoms. The summed E-state index contributed by atoms with van der Waals surface area (Å²) < 4.78 is 1.76. The Morgan fingerprint density at radius 1 is 1.08 bits per heavy atom. The molecule has 3 heterocycles. The summed E-state index contributed by atoms with van der Waals surface area (Å²) in [6.45, 7) is 0. The predicted octanol–water partition coefficient (Wildman–Crippen LogP) is 3.04. The summed E-state index contributed by atoms with van der Waals surface area (Å²) in [4.78, 5) is 20.6. The minimum atomic E-state index is -0.277. The third-order valence-electron chi connectivity index (χ3n) is 3.45. The summed E-state index contributed by atoms with van der Waals surface area (Å²) in [6.07, 6.45) is 6.62. The lowest BCUT2D eigenvalue weighted by Crippen LogP contribution is -2.12. The summed E-state index contributed by atoms with van der Waals surface area (Å²) in [5, 5.41) is 12.1. The Hall–Kier alpha value is -3.39. The molecule has 0 bridgehead atoms. The minimum Gasteiger partial charge on any atom is -0.296 e. The van der Waals surface area contributed by atoms with Gasteiger partial charge in [-0.15, -0.1) is 10.2 Å². The van der Waals surface area contributed by atoms with E-state index in [-0.39, 0.29) is 5.91 Å². The smallest absolute Gasteiger partial charge is 0.259 e. The molecule has 0 atom stereocenters. The number of rotatable bonds is 4. The highest BCUT2D eigenvalue weighted by Crippen LogP contribution is 2.26. The third-order valence-corrected chi connectivity index (χ3v) is 4.33. The van der Waals surface area contributed by atoms with Crippen molar-refractivity contribution in [2.24, 2.45) is 0 Å². The summed E-state index contributed by atoms with van der Waals surface area (Å²) in [5.74, 6) is 0.414. The van der Waals surface area contributed by atoms with Crippen molar-refractivity contribution in [2.75, 3.05) is 5.32 Å². The molecule has 122 valence electrons. The molecule has 1 N–H and O–H groups in total. The second-order valence-corrected chi connectivity index (χ2v) is 6.09. The number of benzene rings is 1. The van der Waals surface area contributed by atoms with E-state index in [0.29, 0.717) is 16.5 Å². The van der Waals surface area contributed by atoms with E-state index in [9.17, 15) is 4.79 Å². The first kappa shape index (κ1) is 15.2. The molecule has 3 aromatic heterocycles. The van der Waals surface area contributed by atoms with Crippen LogP contribution in [-0.2, 0) is 0 Å². The molecule has 0 aliphatic carbocycles. The van der Waals surface area contributed by atoms with E-state index in [4.69, 9.17) is 0 Å². The lowest BCUT2D eigenvalue weighted by Gasteiger charge is -2.03. The number of amides is 1. The van der Waals surface area contributed by atoms with Gasteiger partial charge in [-0.05, 0) is 12.1 Å². The molecule has 0 saturated heterocycles. The van der Waals surface area contributed by atoms with Crippen molar-refractivity contribution in [3.8, 4) is 16.4 Å². The van der Waals surface area contributed by atoms with Gasteiger partial charge in [-0.1, -0.05) is 41.7 Å². The fraction of sp³-hybridized carbons (Fsp3) is 0. The molecular formula is C17H12N6OS. The van der Waals surface area contributed by atoms with Gasteiger partial charge >= 0.3 is 0 Å². The van der Waals surface area contributed by atoms with Crippen molar-refractivity contribution < 1.29 is 4.79 Å². The molecule has 4 aromatic rings. The molecule has 0 unspecified atom stereocenters. The van der Waals surface area contributed by atoms with Crippen LogP contribution in [0.25, 0.3) is 16.4 Å². The van der Waals surface area contributed by atoms with Gasteiger partial charge < -0.3 is 0 Å². The zero-order valence-corrected chi connectivity index (χ0v) is 13.7. The van der Waals surface area contributed by atoms with Gasteiger partial charge in [0.15, 0.2) is 0 Å². The van der Waals surface area contributed by atoms with Crippen LogP contribution >= 0.6 is 11.3 Å². The number of hydrogen-bond donors (Lipinski definition) is 1. The Morgan fingerprint density at radius 2 is 1.96 bits per heavy atom. The van der Waals surface area contributed by atoms with Crippen molar-refractivity contribution in [2.45, 2.75) is 0 Å². The molecule has 0 saturated carbocycles. The largest absolute Gasteiger partial charge is 0.296 e. The van der Waals surface area contributed by atoms with Crippen LogP contribution < -0.4 is 5.32 Å². The molecule has 1 aromatic carbocycles. The Kier molecular flexibility index (Phi) is 4.01. The van der Waals surface area contributed by atoms with Gasteiger partial charge in [0.1, 0.15) is 17.2 Å². The second kappa shape index (κ2) is 6.62. The normalized spacial score (nSPS) is 10.6. The molecule has 0 fully saturated rings. The van der Waals surface area contributed by atoms with Crippen LogP contribution in [0.4, 0.5) is 5.13 Å². The van der Waals surface area contributed by atoms with E-state index in [1.807, 2.05) is 30.3 Å². The van der Waals surface area contributed by atoms with Gasteiger partial charge in [0.25, 0.3) is 5.91 Å². The number of nitrogens with zero attached hydrogens (tertiary/aromatic N) is 5. The monoisotopic (exact) mass is 348 g/mol. The fourth-order valence-corrected chi connectivity index (χ4v) is 2.95. The maximum atomic E-state index is 12.3. The first-order chi connectivity index (χ1) is 12.3. The highest BCUT2D eigenvalue weighted by atomic mass is 32.1. The van der Waals surface area contributed by atoms with Crippen LogP contribution in [-0.4, -0.2) is 30.6 Å². The number of carbonyl (C=O) groups excluding carboxylic acids is 1. The fourth-order valence-electron chi connectivity index (χ4n) is 2.21. The summed E-state index contributed by atoms with van der Waals surface area (Å²) in [6, 6.07) is 13.2. The number of imidazole rings is 1. The number of carbonyl (C=O) groups is 1. The van der Waals surface area contributed by atoms with Crippen molar-refractivity contribution in [3.05, 3.63) is 72.9 Å². The number of anilines is 1. The Balaban J connectivity index is 1.48. The summed E-state index contributed by atoms with van der Waals surface area (Å²) in [7, 11) is 0. The molecule has 0 aliphatic rings. The number of aromatic nitrogens is 5. The van der Waals surface area contributed by atoms with Crippen LogP contribution in [0.2, 0.25) is 0 Å². The summed E-state index contributed by atoms with van der Waals surface area (Å²) >= 11 is 1.32. The Morgan fingerprint density at radius 3 is 2.68 bits per heavy atom. The van der Waals surface area contributed by atoms with Gasteiger partial charge in [0.05, 0.1) is 5.56 Å². The van der Waals surface area contributed by atoms with Crippen molar-refractivity contribution in [3.63, 3.8) is 0 Å². The van der Waals surface area contributed by atoms with Crippen LogP contribution in [0.15, 0.2) is 67.4 Å². The highest BCUT2D eigenvalue weighted by molar-refractivity contribution is 7.18. The van der Waals surface area contributed by atoms with Crippen molar-refractivity contribution >= 4 is 22.4 Å². The van der Waals surface area contributed by atoms with Gasteiger partial charge in [0.2, 0.25) is 5.13 Å². The zero-order chi connectivity index (χ0) is 17.1. The van der Waals surface area contributed by atoms with Crippen LogP contribution in [0, 0.1) is 0 Å². The topological polar surface area (TPSA) is 85.6 Å². The third kappa shape index (κ3) is 3.29. The molecule has 8 heteroatoms. The van der Waals surface area contributed by atoms with Crippen molar-refractivity contribution in [1.82, 2.24) is 24.7 Å². The second-order valence-electron chi connectivity index (χ2n) is 5.11. The molecule has 0 radical (unpaired) electrons. The Labute approximate surface area is 147 Å². The van der Waals surface area contributed by atoms with Gasteiger partial charge in [-0.2, -0.15) is 0 Å². The van der Waals surface area contributed by atoms with Gasteiger partial charge in [-0.3, -0.25) is 14.7 Å². The maximum absolute atomic E-state index is 12.3. The number of hydrogen-bond acceptors (Lipinski definition) is 6. The lowest BCUT2D eigenvalue weighted by atomic mass is 10.2. The van der Waals surface area contributed by atoms with Crippen LogP contribution in [0.1, 0.15) is 10.4 Å². The van der Waals surface area contributed by atoms with E-state index >= 15 is 0 Å². The molecule has 1 amide bonds.